The molecule has 1 spiro atoms. The maximum absolute atomic E-state index is 13.7. The SMILES string of the molecule is CN1CC2(CCCN(C(=O)C3(c4ccc(Cl)c(Cl)c4)CCCC3)CC2)OC1=O. The highest BCUT2D eigenvalue weighted by Gasteiger charge is 2.48. The zero-order chi connectivity index (χ0) is 19.9. The van der Waals surface area contributed by atoms with E-state index >= 15 is 0 Å². The van der Waals surface area contributed by atoms with Gasteiger partial charge in [0.15, 0.2) is 0 Å². The number of amides is 2. The van der Waals surface area contributed by atoms with E-state index in [1.807, 2.05) is 17.0 Å². The van der Waals surface area contributed by atoms with Crippen LogP contribution in [-0.4, -0.2) is 54.1 Å². The van der Waals surface area contributed by atoms with Gasteiger partial charge in [-0.05, 0) is 43.4 Å². The molecular formula is C21H26Cl2N2O3. The highest BCUT2D eigenvalue weighted by atomic mass is 35.5. The molecule has 0 N–H and O–H groups in total. The predicted octanol–water partition coefficient (Wildman–Crippen LogP) is 4.64. The molecule has 0 radical (unpaired) electrons. The molecule has 152 valence electrons. The molecule has 2 saturated heterocycles. The molecule has 0 aromatic heterocycles. The van der Waals surface area contributed by atoms with Crippen molar-refractivity contribution in [3.05, 3.63) is 33.8 Å². The lowest BCUT2D eigenvalue weighted by atomic mass is 9.77. The van der Waals surface area contributed by atoms with Crippen LogP contribution in [0.4, 0.5) is 4.79 Å². The minimum atomic E-state index is -0.519. The largest absolute Gasteiger partial charge is 0.441 e. The van der Waals surface area contributed by atoms with Gasteiger partial charge in [0.05, 0.1) is 22.0 Å². The van der Waals surface area contributed by atoms with Crippen LogP contribution in [0.2, 0.25) is 10.0 Å². The molecule has 1 atom stereocenters. The average molecular weight is 425 g/mol. The number of carbonyl (C=O) groups excluding carboxylic acids is 2. The summed E-state index contributed by atoms with van der Waals surface area (Å²) in [4.78, 5) is 29.2. The third-order valence-corrected chi connectivity index (χ3v) is 7.40. The van der Waals surface area contributed by atoms with Crippen LogP contribution < -0.4 is 0 Å². The van der Waals surface area contributed by atoms with Crippen molar-refractivity contribution < 1.29 is 14.3 Å². The maximum Gasteiger partial charge on any atom is 0.410 e. The monoisotopic (exact) mass is 424 g/mol. The van der Waals surface area contributed by atoms with E-state index in [0.717, 1.165) is 44.1 Å². The Morgan fingerprint density at radius 1 is 1.04 bits per heavy atom. The lowest BCUT2D eigenvalue weighted by Gasteiger charge is -2.35. The number of carbonyl (C=O) groups is 2. The second kappa shape index (κ2) is 7.42. The number of nitrogens with zero attached hydrogens (tertiary/aromatic N) is 2. The van der Waals surface area contributed by atoms with Crippen molar-refractivity contribution in [3.63, 3.8) is 0 Å². The Kier molecular flexibility index (Phi) is 5.25. The van der Waals surface area contributed by atoms with Gasteiger partial charge in [-0.15, -0.1) is 0 Å². The Bertz CT molecular complexity index is 794. The number of ether oxygens (including phenoxy) is 1. The molecule has 7 heteroatoms. The standard InChI is InChI=1S/C21H26Cl2N2O3/c1-24-14-20(28-19(24)27)7-4-11-25(12-10-20)18(26)21(8-2-3-9-21)15-5-6-16(22)17(23)13-15/h5-6,13H,2-4,7-12,14H2,1H3. The first-order valence-electron chi connectivity index (χ1n) is 10.0. The summed E-state index contributed by atoms with van der Waals surface area (Å²) in [5.41, 5.74) is -0.00213. The van der Waals surface area contributed by atoms with Crippen molar-refractivity contribution in [1.29, 1.82) is 0 Å². The Hall–Kier alpha value is -1.46. The first-order chi connectivity index (χ1) is 13.4. The fraction of sp³-hybridized carbons (Fsp3) is 0.619. The van der Waals surface area contributed by atoms with E-state index in [1.54, 1.807) is 18.0 Å². The van der Waals surface area contributed by atoms with E-state index in [1.165, 1.54) is 0 Å². The summed E-state index contributed by atoms with van der Waals surface area (Å²) in [6, 6.07) is 5.60. The van der Waals surface area contributed by atoms with E-state index in [9.17, 15) is 9.59 Å². The minimum absolute atomic E-state index is 0.179. The molecule has 2 heterocycles. The molecule has 0 bridgehead atoms. The summed E-state index contributed by atoms with van der Waals surface area (Å²) < 4.78 is 5.69. The normalized spacial score (nSPS) is 27.2. The fourth-order valence-electron chi connectivity index (χ4n) is 5.12. The van der Waals surface area contributed by atoms with Gasteiger partial charge >= 0.3 is 6.09 Å². The van der Waals surface area contributed by atoms with Crippen LogP contribution in [0.25, 0.3) is 0 Å². The van der Waals surface area contributed by atoms with E-state index in [-0.39, 0.29) is 12.0 Å². The topological polar surface area (TPSA) is 49.9 Å². The van der Waals surface area contributed by atoms with Gasteiger partial charge in [-0.3, -0.25) is 4.79 Å². The zero-order valence-corrected chi connectivity index (χ0v) is 17.7. The molecule has 2 amide bonds. The van der Waals surface area contributed by atoms with Crippen LogP contribution >= 0.6 is 23.2 Å². The highest BCUT2D eigenvalue weighted by molar-refractivity contribution is 6.42. The number of halogens is 2. The minimum Gasteiger partial charge on any atom is -0.441 e. The van der Waals surface area contributed by atoms with Gasteiger partial charge < -0.3 is 14.5 Å². The van der Waals surface area contributed by atoms with Gasteiger partial charge in [0.2, 0.25) is 5.91 Å². The van der Waals surface area contributed by atoms with Crippen molar-refractivity contribution in [1.82, 2.24) is 9.80 Å². The van der Waals surface area contributed by atoms with Crippen LogP contribution in [0, 0.1) is 0 Å². The predicted molar refractivity (Wildman–Crippen MR) is 109 cm³/mol. The van der Waals surface area contributed by atoms with E-state index < -0.39 is 11.0 Å². The molecule has 2 aliphatic heterocycles. The Labute approximate surface area is 175 Å². The molecule has 5 nitrogen and oxygen atoms in total. The highest BCUT2D eigenvalue weighted by Crippen LogP contribution is 2.45. The number of hydrogen-bond donors (Lipinski definition) is 0. The third kappa shape index (κ3) is 3.37. The van der Waals surface area contributed by atoms with Crippen molar-refractivity contribution >= 4 is 35.2 Å². The van der Waals surface area contributed by atoms with Gasteiger partial charge in [0.1, 0.15) is 5.60 Å². The van der Waals surface area contributed by atoms with Gasteiger partial charge in [-0.25, -0.2) is 4.79 Å². The zero-order valence-electron chi connectivity index (χ0n) is 16.2. The molecule has 28 heavy (non-hydrogen) atoms. The van der Waals surface area contributed by atoms with E-state index in [4.69, 9.17) is 27.9 Å². The van der Waals surface area contributed by atoms with Crippen molar-refractivity contribution in [2.24, 2.45) is 0 Å². The summed E-state index contributed by atoms with van der Waals surface area (Å²) in [6.45, 7) is 1.92. The maximum atomic E-state index is 13.7. The lowest BCUT2D eigenvalue weighted by Crippen LogP contribution is -2.46. The summed E-state index contributed by atoms with van der Waals surface area (Å²) in [5.74, 6) is 0.179. The summed E-state index contributed by atoms with van der Waals surface area (Å²) in [7, 11) is 1.77. The molecule has 1 aliphatic carbocycles. The number of likely N-dealkylation sites (tertiary alicyclic amines) is 1. The van der Waals surface area contributed by atoms with Gasteiger partial charge in [-0.1, -0.05) is 42.1 Å². The van der Waals surface area contributed by atoms with Crippen LogP contribution in [0.1, 0.15) is 50.5 Å². The van der Waals surface area contributed by atoms with E-state index in [2.05, 4.69) is 0 Å². The summed E-state index contributed by atoms with van der Waals surface area (Å²) in [5, 5.41) is 1.00. The second-order valence-corrected chi connectivity index (χ2v) is 9.29. The van der Waals surface area contributed by atoms with Crippen molar-refractivity contribution in [2.45, 2.75) is 56.0 Å². The molecule has 1 aromatic carbocycles. The molecule has 4 rings (SSSR count). The molecule has 1 saturated carbocycles. The fourth-order valence-corrected chi connectivity index (χ4v) is 5.42. The first-order valence-corrected chi connectivity index (χ1v) is 10.8. The number of benzene rings is 1. The van der Waals surface area contributed by atoms with Crippen LogP contribution in [0.15, 0.2) is 18.2 Å². The molecular weight excluding hydrogens is 399 g/mol. The van der Waals surface area contributed by atoms with Gasteiger partial charge in [-0.2, -0.15) is 0 Å². The Morgan fingerprint density at radius 3 is 2.43 bits per heavy atom. The van der Waals surface area contributed by atoms with Crippen molar-refractivity contribution in [2.75, 3.05) is 26.7 Å². The Morgan fingerprint density at radius 2 is 1.79 bits per heavy atom. The molecule has 3 aliphatic rings. The summed E-state index contributed by atoms with van der Waals surface area (Å²) in [6.07, 6.45) is 5.80. The van der Waals surface area contributed by atoms with Crippen LogP contribution in [0.3, 0.4) is 0 Å². The quantitative estimate of drug-likeness (QED) is 0.694. The second-order valence-electron chi connectivity index (χ2n) is 8.47. The molecule has 1 aromatic rings. The number of hydrogen-bond acceptors (Lipinski definition) is 3. The smallest absolute Gasteiger partial charge is 0.410 e. The lowest BCUT2D eigenvalue weighted by molar-refractivity contribution is -0.137. The summed E-state index contributed by atoms with van der Waals surface area (Å²) >= 11 is 12.4. The van der Waals surface area contributed by atoms with Crippen LogP contribution in [-0.2, 0) is 14.9 Å². The number of likely N-dealkylation sites (N-methyl/N-ethyl adjacent to an activating group) is 1. The van der Waals surface area contributed by atoms with Gasteiger partial charge in [0, 0.05) is 26.6 Å². The third-order valence-electron chi connectivity index (χ3n) is 6.66. The number of rotatable bonds is 2. The van der Waals surface area contributed by atoms with Gasteiger partial charge in [0.25, 0.3) is 0 Å². The molecule has 3 fully saturated rings. The van der Waals surface area contributed by atoms with E-state index in [0.29, 0.717) is 36.1 Å². The average Bonchev–Trinajstić information content (AvgIpc) is 3.20. The van der Waals surface area contributed by atoms with Crippen molar-refractivity contribution in [3.8, 4) is 0 Å². The van der Waals surface area contributed by atoms with Crippen LogP contribution in [0.5, 0.6) is 0 Å². The molecule has 1 unspecified atom stereocenters. The first kappa shape index (κ1) is 19.8. The Balaban J connectivity index is 1.56.